The Morgan fingerprint density at radius 2 is 2.11 bits per heavy atom. The molecule has 19 heavy (non-hydrogen) atoms. The van der Waals surface area contributed by atoms with Crippen LogP contribution >= 0.6 is 0 Å². The molecular formula is C13H17NO4S. The predicted molar refractivity (Wildman–Crippen MR) is 73.6 cm³/mol. The third-order valence-corrected chi connectivity index (χ3v) is 5.35. The highest BCUT2D eigenvalue weighted by Gasteiger charge is 2.30. The Labute approximate surface area is 112 Å². The molecule has 2 rings (SSSR count). The van der Waals surface area contributed by atoms with Crippen molar-refractivity contribution in [2.75, 3.05) is 23.5 Å². The summed E-state index contributed by atoms with van der Waals surface area (Å²) in [6.07, 6.45) is 0.624. The number of anilines is 1. The van der Waals surface area contributed by atoms with Gasteiger partial charge in [0.15, 0.2) is 9.84 Å². The van der Waals surface area contributed by atoms with Crippen LogP contribution in [0.25, 0.3) is 0 Å². The van der Waals surface area contributed by atoms with E-state index in [9.17, 15) is 13.2 Å². The lowest BCUT2D eigenvalue weighted by Crippen LogP contribution is -2.32. The molecule has 104 valence electrons. The zero-order valence-electron chi connectivity index (χ0n) is 11.0. The van der Waals surface area contributed by atoms with E-state index in [1.807, 2.05) is 11.9 Å². The molecule has 1 N–H and O–H groups in total. The fraction of sp³-hybridized carbons (Fsp3) is 0.462. The second-order valence-electron chi connectivity index (χ2n) is 4.97. The molecule has 1 heterocycles. The molecular weight excluding hydrogens is 266 g/mol. The van der Waals surface area contributed by atoms with Crippen molar-refractivity contribution in [3.63, 3.8) is 0 Å². The topological polar surface area (TPSA) is 74.7 Å². The van der Waals surface area contributed by atoms with E-state index in [-0.39, 0.29) is 23.1 Å². The Morgan fingerprint density at radius 3 is 2.58 bits per heavy atom. The molecule has 1 aromatic rings. The summed E-state index contributed by atoms with van der Waals surface area (Å²) in [6.45, 7) is 1.74. The van der Waals surface area contributed by atoms with Crippen LogP contribution in [0.1, 0.15) is 22.3 Å². The first-order valence-corrected chi connectivity index (χ1v) is 7.89. The maximum Gasteiger partial charge on any atom is 0.335 e. The van der Waals surface area contributed by atoms with E-state index in [0.717, 1.165) is 5.69 Å². The van der Waals surface area contributed by atoms with Gasteiger partial charge in [-0.15, -0.1) is 0 Å². The van der Waals surface area contributed by atoms with Crippen molar-refractivity contribution in [1.29, 1.82) is 0 Å². The number of aromatic carboxylic acids is 1. The van der Waals surface area contributed by atoms with Gasteiger partial charge in [0.1, 0.15) is 0 Å². The number of aryl methyl sites for hydroxylation is 1. The lowest BCUT2D eigenvalue weighted by Gasteiger charge is -2.26. The third-order valence-electron chi connectivity index (χ3n) is 3.60. The molecule has 1 saturated heterocycles. The third kappa shape index (κ3) is 2.89. The summed E-state index contributed by atoms with van der Waals surface area (Å²) in [5.41, 5.74) is 1.80. The van der Waals surface area contributed by atoms with Crippen LogP contribution in [0, 0.1) is 6.92 Å². The Bertz CT molecular complexity index is 609. The van der Waals surface area contributed by atoms with Crippen LogP contribution in [0.5, 0.6) is 0 Å². The lowest BCUT2D eigenvalue weighted by atomic mass is 10.1. The van der Waals surface area contributed by atoms with E-state index in [1.165, 1.54) is 0 Å². The van der Waals surface area contributed by atoms with E-state index >= 15 is 0 Å². The van der Waals surface area contributed by atoms with E-state index in [4.69, 9.17) is 5.11 Å². The second kappa shape index (κ2) is 4.85. The van der Waals surface area contributed by atoms with Crippen LogP contribution in [-0.4, -0.2) is 44.1 Å². The largest absolute Gasteiger partial charge is 0.478 e. The van der Waals surface area contributed by atoms with Gasteiger partial charge in [-0.1, -0.05) is 0 Å². The first kappa shape index (κ1) is 13.9. The Balaban J connectivity index is 2.23. The van der Waals surface area contributed by atoms with Crippen LogP contribution in [0.2, 0.25) is 0 Å². The number of hydrogen-bond donors (Lipinski definition) is 1. The Kier molecular flexibility index (Phi) is 3.54. The summed E-state index contributed by atoms with van der Waals surface area (Å²) < 4.78 is 23.0. The highest BCUT2D eigenvalue weighted by Crippen LogP contribution is 2.24. The molecule has 1 atom stereocenters. The minimum atomic E-state index is -2.92. The molecule has 0 aromatic heterocycles. The van der Waals surface area contributed by atoms with Gasteiger partial charge in [-0.25, -0.2) is 13.2 Å². The predicted octanol–water partition coefficient (Wildman–Crippen LogP) is 1.32. The molecule has 5 nitrogen and oxygen atoms in total. The average molecular weight is 283 g/mol. The highest BCUT2D eigenvalue weighted by molar-refractivity contribution is 7.91. The van der Waals surface area contributed by atoms with Gasteiger partial charge in [0, 0.05) is 18.8 Å². The van der Waals surface area contributed by atoms with E-state index in [0.29, 0.717) is 12.0 Å². The fourth-order valence-electron chi connectivity index (χ4n) is 2.40. The number of nitrogens with zero attached hydrogens (tertiary/aromatic N) is 1. The van der Waals surface area contributed by atoms with Crippen LogP contribution < -0.4 is 4.90 Å². The number of carbonyl (C=O) groups is 1. The lowest BCUT2D eigenvalue weighted by molar-refractivity contribution is 0.0696. The number of rotatable bonds is 3. The molecule has 1 aliphatic heterocycles. The molecule has 1 aliphatic rings. The second-order valence-corrected chi connectivity index (χ2v) is 7.20. The molecule has 0 bridgehead atoms. The zero-order valence-corrected chi connectivity index (χ0v) is 11.8. The van der Waals surface area contributed by atoms with Crippen molar-refractivity contribution in [2.24, 2.45) is 0 Å². The smallest absolute Gasteiger partial charge is 0.335 e. The monoisotopic (exact) mass is 283 g/mol. The summed E-state index contributed by atoms with van der Waals surface area (Å²) in [5, 5.41) is 8.98. The number of carboxylic acids is 1. The Morgan fingerprint density at radius 1 is 1.42 bits per heavy atom. The number of hydrogen-bond acceptors (Lipinski definition) is 4. The summed E-state index contributed by atoms with van der Waals surface area (Å²) >= 11 is 0. The first-order valence-electron chi connectivity index (χ1n) is 6.07. The maximum absolute atomic E-state index is 11.5. The van der Waals surface area contributed by atoms with Crippen LogP contribution in [-0.2, 0) is 9.84 Å². The van der Waals surface area contributed by atoms with Gasteiger partial charge in [0.05, 0.1) is 17.1 Å². The van der Waals surface area contributed by atoms with E-state index in [2.05, 4.69) is 0 Å². The normalized spacial score (nSPS) is 21.3. The van der Waals surface area contributed by atoms with Crippen molar-refractivity contribution in [3.05, 3.63) is 29.3 Å². The van der Waals surface area contributed by atoms with Gasteiger partial charge in [-0.3, -0.25) is 0 Å². The standard InChI is InChI=1S/C13H17NO4S/c1-9-7-10(3-4-12(9)13(15)16)14(2)11-5-6-19(17,18)8-11/h3-4,7,11H,5-6,8H2,1-2H3,(H,15,16). The number of carboxylic acid groups (broad SMARTS) is 1. The molecule has 0 amide bonds. The van der Waals surface area contributed by atoms with Gasteiger partial charge in [0.2, 0.25) is 0 Å². The fourth-order valence-corrected chi connectivity index (χ4v) is 4.17. The van der Waals surface area contributed by atoms with Crippen LogP contribution in [0.4, 0.5) is 5.69 Å². The summed E-state index contributed by atoms with van der Waals surface area (Å²) in [5.74, 6) is -0.549. The maximum atomic E-state index is 11.5. The quantitative estimate of drug-likeness (QED) is 0.905. The molecule has 0 radical (unpaired) electrons. The molecule has 0 saturated carbocycles. The van der Waals surface area contributed by atoms with Gasteiger partial charge in [-0.05, 0) is 37.1 Å². The first-order chi connectivity index (χ1) is 8.80. The molecule has 0 aliphatic carbocycles. The summed E-state index contributed by atoms with van der Waals surface area (Å²) in [7, 11) is -1.07. The molecule has 1 aromatic carbocycles. The average Bonchev–Trinajstić information content (AvgIpc) is 2.68. The Hall–Kier alpha value is -1.56. The van der Waals surface area contributed by atoms with Crippen molar-refractivity contribution >= 4 is 21.5 Å². The number of sulfone groups is 1. The minimum Gasteiger partial charge on any atom is -0.478 e. The molecule has 6 heteroatoms. The van der Waals surface area contributed by atoms with Gasteiger partial charge in [-0.2, -0.15) is 0 Å². The van der Waals surface area contributed by atoms with Crippen molar-refractivity contribution in [1.82, 2.24) is 0 Å². The van der Waals surface area contributed by atoms with E-state index < -0.39 is 15.8 Å². The summed E-state index contributed by atoms with van der Waals surface area (Å²) in [6, 6.07) is 5.04. The molecule has 0 spiro atoms. The highest BCUT2D eigenvalue weighted by atomic mass is 32.2. The number of benzene rings is 1. The van der Waals surface area contributed by atoms with E-state index in [1.54, 1.807) is 25.1 Å². The van der Waals surface area contributed by atoms with Gasteiger partial charge < -0.3 is 10.0 Å². The van der Waals surface area contributed by atoms with Crippen LogP contribution in [0.3, 0.4) is 0 Å². The van der Waals surface area contributed by atoms with Gasteiger partial charge in [0.25, 0.3) is 0 Å². The molecule has 1 fully saturated rings. The van der Waals surface area contributed by atoms with Crippen LogP contribution in [0.15, 0.2) is 18.2 Å². The SMILES string of the molecule is Cc1cc(N(C)C2CCS(=O)(=O)C2)ccc1C(=O)O. The van der Waals surface area contributed by atoms with Gasteiger partial charge >= 0.3 is 5.97 Å². The zero-order chi connectivity index (χ0) is 14.2. The molecule has 1 unspecified atom stereocenters. The van der Waals surface area contributed by atoms with Crippen molar-refractivity contribution in [2.45, 2.75) is 19.4 Å². The summed E-state index contributed by atoms with van der Waals surface area (Å²) in [4.78, 5) is 12.9. The minimum absolute atomic E-state index is 0.0277. The van der Waals surface area contributed by atoms with Crippen molar-refractivity contribution in [3.8, 4) is 0 Å². The van der Waals surface area contributed by atoms with Crippen molar-refractivity contribution < 1.29 is 18.3 Å².